The molecule has 0 spiro atoms. The fourth-order valence-corrected chi connectivity index (χ4v) is 4.82. The van der Waals surface area contributed by atoms with Crippen LogP contribution in [0.5, 0.6) is 0 Å². The zero-order valence-corrected chi connectivity index (χ0v) is 13.7. The van der Waals surface area contributed by atoms with E-state index in [9.17, 15) is 4.79 Å². The average Bonchev–Trinajstić information content (AvgIpc) is 3.08. The lowest BCUT2D eigenvalue weighted by molar-refractivity contribution is 0.652. The molecule has 1 aliphatic carbocycles. The monoisotopic (exact) mass is 328 g/mol. The van der Waals surface area contributed by atoms with E-state index in [1.165, 1.54) is 16.0 Å². The second kappa shape index (κ2) is 5.48. The van der Waals surface area contributed by atoms with Gasteiger partial charge in [0.2, 0.25) is 0 Å². The molecule has 0 atom stereocenters. The summed E-state index contributed by atoms with van der Waals surface area (Å²) in [6.07, 6.45) is 4.10. The minimum absolute atomic E-state index is 0.0779. The highest BCUT2D eigenvalue weighted by molar-refractivity contribution is 7.71. The molecule has 1 aromatic carbocycles. The van der Waals surface area contributed by atoms with Crippen LogP contribution in [0, 0.1) is 4.77 Å². The van der Waals surface area contributed by atoms with Gasteiger partial charge in [-0.1, -0.05) is 30.3 Å². The van der Waals surface area contributed by atoms with Crippen molar-refractivity contribution in [2.24, 2.45) is 0 Å². The summed E-state index contributed by atoms with van der Waals surface area (Å²) in [5, 5.41) is 0.874. The Balaban J connectivity index is 1.78. The van der Waals surface area contributed by atoms with Crippen LogP contribution in [0.4, 0.5) is 0 Å². The normalized spacial score (nSPS) is 13.6. The van der Waals surface area contributed by atoms with Crippen molar-refractivity contribution in [2.45, 2.75) is 32.2 Å². The molecule has 2 heterocycles. The van der Waals surface area contributed by atoms with Crippen molar-refractivity contribution in [2.75, 3.05) is 0 Å². The number of nitrogens with zero attached hydrogens (tertiary/aromatic N) is 1. The van der Waals surface area contributed by atoms with Crippen molar-refractivity contribution >= 4 is 33.8 Å². The molecule has 0 saturated heterocycles. The summed E-state index contributed by atoms with van der Waals surface area (Å²) in [5.74, 6) is 0. The number of aromatic nitrogens is 2. The van der Waals surface area contributed by atoms with Gasteiger partial charge in [-0.15, -0.1) is 11.3 Å². The van der Waals surface area contributed by atoms with Gasteiger partial charge in [-0.3, -0.25) is 9.36 Å². The van der Waals surface area contributed by atoms with Crippen molar-refractivity contribution < 1.29 is 0 Å². The fourth-order valence-electron chi connectivity index (χ4n) is 3.20. The number of benzene rings is 1. The zero-order chi connectivity index (χ0) is 15.1. The number of hydrogen-bond donors (Lipinski definition) is 1. The van der Waals surface area contributed by atoms with Gasteiger partial charge in [0.1, 0.15) is 4.83 Å². The first-order chi connectivity index (χ1) is 10.7. The van der Waals surface area contributed by atoms with Gasteiger partial charge in [0.05, 0.1) is 5.39 Å². The first-order valence-corrected chi connectivity index (χ1v) is 8.78. The molecule has 0 bridgehead atoms. The summed E-state index contributed by atoms with van der Waals surface area (Å²) in [7, 11) is 0. The Morgan fingerprint density at radius 2 is 2.05 bits per heavy atom. The number of nitrogens with one attached hydrogen (secondary N) is 1. The SMILES string of the molecule is O=c1c2c3c(sc2[nH]c(=S)n1CCc1ccccc1)CCC3. The highest BCUT2D eigenvalue weighted by atomic mass is 32.1. The number of aryl methyl sites for hydroxylation is 3. The van der Waals surface area contributed by atoms with Gasteiger partial charge in [0.15, 0.2) is 4.77 Å². The summed E-state index contributed by atoms with van der Waals surface area (Å²) in [6, 6.07) is 10.2. The van der Waals surface area contributed by atoms with Crippen LogP contribution >= 0.6 is 23.6 Å². The molecular weight excluding hydrogens is 312 g/mol. The molecule has 0 radical (unpaired) electrons. The minimum atomic E-state index is 0.0779. The van der Waals surface area contributed by atoms with Gasteiger partial charge < -0.3 is 4.98 Å². The molecule has 0 amide bonds. The minimum Gasteiger partial charge on any atom is -0.323 e. The Kier molecular flexibility index (Phi) is 3.47. The molecule has 3 nitrogen and oxygen atoms in total. The van der Waals surface area contributed by atoms with Crippen molar-refractivity contribution in [3.63, 3.8) is 0 Å². The first-order valence-electron chi connectivity index (χ1n) is 7.55. The molecule has 5 heteroatoms. The third kappa shape index (κ3) is 2.25. The summed E-state index contributed by atoms with van der Waals surface area (Å²) in [6.45, 7) is 0.624. The van der Waals surface area contributed by atoms with Crippen LogP contribution in [0.1, 0.15) is 22.4 Å². The number of rotatable bonds is 3. The predicted molar refractivity (Wildman–Crippen MR) is 93.4 cm³/mol. The molecule has 4 rings (SSSR count). The van der Waals surface area contributed by atoms with E-state index >= 15 is 0 Å². The van der Waals surface area contributed by atoms with Crippen LogP contribution in [-0.2, 0) is 25.8 Å². The van der Waals surface area contributed by atoms with Crippen LogP contribution in [0.2, 0.25) is 0 Å². The fraction of sp³-hybridized carbons (Fsp3) is 0.294. The van der Waals surface area contributed by atoms with Gasteiger partial charge in [-0.25, -0.2) is 0 Å². The molecule has 0 aliphatic heterocycles. The van der Waals surface area contributed by atoms with Gasteiger partial charge in [0, 0.05) is 11.4 Å². The standard InChI is InChI=1S/C17H16N2OS2/c20-16-14-12-7-4-8-13(12)22-15(14)18-17(21)19(16)10-9-11-5-2-1-3-6-11/h1-3,5-6H,4,7-10H2,(H,18,21). The number of H-pyrrole nitrogens is 1. The maximum absolute atomic E-state index is 12.9. The highest BCUT2D eigenvalue weighted by Gasteiger charge is 2.21. The first kappa shape index (κ1) is 13.9. The smallest absolute Gasteiger partial charge is 0.263 e. The Labute approximate surface area is 137 Å². The lowest BCUT2D eigenvalue weighted by atomic mass is 10.1. The maximum Gasteiger partial charge on any atom is 0.263 e. The van der Waals surface area contributed by atoms with E-state index < -0.39 is 0 Å². The molecular formula is C17H16N2OS2. The highest BCUT2D eigenvalue weighted by Crippen LogP contribution is 2.34. The van der Waals surface area contributed by atoms with Crippen LogP contribution in [-0.4, -0.2) is 9.55 Å². The quantitative estimate of drug-likeness (QED) is 0.742. The Hall–Kier alpha value is -1.72. The molecule has 1 aliphatic rings. The van der Waals surface area contributed by atoms with Gasteiger partial charge in [-0.2, -0.15) is 0 Å². The zero-order valence-electron chi connectivity index (χ0n) is 12.1. The molecule has 1 N–H and O–H groups in total. The topological polar surface area (TPSA) is 37.8 Å². The lowest BCUT2D eigenvalue weighted by Gasteiger charge is -2.07. The van der Waals surface area contributed by atoms with Crippen molar-refractivity contribution in [3.8, 4) is 0 Å². The van der Waals surface area contributed by atoms with Crippen LogP contribution in [0.25, 0.3) is 10.2 Å². The molecule has 2 aromatic heterocycles. The van der Waals surface area contributed by atoms with E-state index in [1.807, 2.05) is 18.2 Å². The largest absolute Gasteiger partial charge is 0.323 e. The van der Waals surface area contributed by atoms with Crippen LogP contribution in [0.15, 0.2) is 35.1 Å². The van der Waals surface area contributed by atoms with Crippen molar-refractivity contribution in [1.82, 2.24) is 9.55 Å². The number of aromatic amines is 1. The van der Waals surface area contributed by atoms with Crippen molar-refractivity contribution in [3.05, 3.63) is 61.5 Å². The molecule has 112 valence electrons. The molecule has 22 heavy (non-hydrogen) atoms. The molecule has 0 unspecified atom stereocenters. The third-order valence-corrected chi connectivity index (χ3v) is 5.84. The Bertz CT molecular complexity index is 950. The van der Waals surface area contributed by atoms with Gasteiger partial charge in [0.25, 0.3) is 5.56 Å². The number of thiophene rings is 1. The average molecular weight is 328 g/mol. The van der Waals surface area contributed by atoms with Gasteiger partial charge in [-0.05, 0) is 49.0 Å². The van der Waals surface area contributed by atoms with E-state index in [0.29, 0.717) is 11.3 Å². The summed E-state index contributed by atoms with van der Waals surface area (Å²) < 4.78 is 2.25. The van der Waals surface area contributed by atoms with E-state index in [2.05, 4.69) is 17.1 Å². The summed E-state index contributed by atoms with van der Waals surface area (Å²) >= 11 is 7.11. The second-order valence-electron chi connectivity index (χ2n) is 5.68. The summed E-state index contributed by atoms with van der Waals surface area (Å²) in [4.78, 5) is 18.4. The molecule has 0 saturated carbocycles. The number of fused-ring (bicyclic) bond motifs is 3. The second-order valence-corrected chi connectivity index (χ2v) is 7.18. The summed E-state index contributed by atoms with van der Waals surface area (Å²) in [5.41, 5.74) is 2.55. The molecule has 0 fully saturated rings. The van der Waals surface area contributed by atoms with Gasteiger partial charge >= 0.3 is 0 Å². The van der Waals surface area contributed by atoms with Crippen molar-refractivity contribution in [1.29, 1.82) is 0 Å². The van der Waals surface area contributed by atoms with E-state index in [0.717, 1.165) is 35.9 Å². The molecule has 3 aromatic rings. The van der Waals surface area contributed by atoms with Crippen LogP contribution < -0.4 is 5.56 Å². The Morgan fingerprint density at radius 3 is 2.86 bits per heavy atom. The van der Waals surface area contributed by atoms with E-state index in [-0.39, 0.29) is 5.56 Å². The van der Waals surface area contributed by atoms with Crippen LogP contribution in [0.3, 0.4) is 0 Å². The Morgan fingerprint density at radius 1 is 1.23 bits per heavy atom. The lowest BCUT2D eigenvalue weighted by Crippen LogP contribution is -2.23. The maximum atomic E-state index is 12.9. The third-order valence-electron chi connectivity index (χ3n) is 4.31. The van der Waals surface area contributed by atoms with E-state index in [1.54, 1.807) is 15.9 Å². The predicted octanol–water partition coefficient (Wildman–Crippen LogP) is 3.85. The number of hydrogen-bond acceptors (Lipinski definition) is 3. The van der Waals surface area contributed by atoms with E-state index in [4.69, 9.17) is 12.2 Å².